The molecule has 1 aromatic carbocycles. The molecular formula is C16H18BrNO. The molecule has 0 radical (unpaired) electrons. The van der Waals surface area contributed by atoms with Crippen molar-refractivity contribution < 1.29 is 4.84 Å². The molecule has 4 rings (SSSR count). The van der Waals surface area contributed by atoms with Crippen LogP contribution in [0.2, 0.25) is 0 Å². The van der Waals surface area contributed by atoms with Crippen LogP contribution in [-0.4, -0.2) is 17.1 Å². The molecule has 1 heterocycles. The first kappa shape index (κ1) is 12.0. The summed E-state index contributed by atoms with van der Waals surface area (Å²) in [5.74, 6) is 2.69. The van der Waals surface area contributed by atoms with Crippen molar-refractivity contribution in [3.63, 3.8) is 0 Å². The van der Waals surface area contributed by atoms with Crippen molar-refractivity contribution in [2.24, 2.45) is 22.9 Å². The van der Waals surface area contributed by atoms with Crippen LogP contribution in [0.5, 0.6) is 0 Å². The summed E-state index contributed by atoms with van der Waals surface area (Å²) in [5, 5.41) is 5.25. The van der Waals surface area contributed by atoms with Crippen LogP contribution in [0.25, 0.3) is 0 Å². The van der Waals surface area contributed by atoms with Crippen LogP contribution in [0.4, 0.5) is 0 Å². The van der Waals surface area contributed by atoms with Crippen molar-refractivity contribution >= 4 is 21.6 Å². The van der Waals surface area contributed by atoms with Crippen molar-refractivity contribution in [2.75, 3.05) is 5.33 Å². The predicted octanol–water partition coefficient (Wildman–Crippen LogP) is 3.97. The molecule has 3 aliphatic rings. The molecule has 5 atom stereocenters. The number of hydrogen-bond donors (Lipinski definition) is 0. The smallest absolute Gasteiger partial charge is 0.134 e. The van der Waals surface area contributed by atoms with Gasteiger partial charge in [0, 0.05) is 17.2 Å². The highest BCUT2D eigenvalue weighted by Gasteiger charge is 2.55. The molecule has 0 amide bonds. The van der Waals surface area contributed by atoms with E-state index in [0.717, 1.165) is 17.2 Å². The molecule has 2 nitrogen and oxygen atoms in total. The van der Waals surface area contributed by atoms with Gasteiger partial charge in [-0.25, -0.2) is 0 Å². The number of nitrogens with zero attached hydrogens (tertiary/aromatic N) is 1. The van der Waals surface area contributed by atoms with E-state index in [1.54, 1.807) is 0 Å². The van der Waals surface area contributed by atoms with E-state index in [1.165, 1.54) is 30.5 Å². The average Bonchev–Trinajstić information content (AvgIpc) is 3.08. The number of fused-ring (bicyclic) bond motifs is 5. The summed E-state index contributed by atoms with van der Waals surface area (Å²) >= 11 is 3.59. The first-order chi connectivity index (χ1) is 9.38. The first-order valence-corrected chi connectivity index (χ1v) is 8.34. The van der Waals surface area contributed by atoms with Gasteiger partial charge >= 0.3 is 0 Å². The standard InChI is InChI=1S/C16H18BrNO/c17-9-13-14(10-4-2-1-3-5-10)15-11-6-7-12(8-11)16(15)19-18-13/h1-5,11-12,14-16H,6-9H2/t11-,12+,14+,15+,16+/m1/s1. The Hall–Kier alpha value is -0.830. The minimum Gasteiger partial charge on any atom is -0.392 e. The number of oxime groups is 1. The third-order valence-corrected chi connectivity index (χ3v) is 5.81. The maximum absolute atomic E-state index is 5.85. The Morgan fingerprint density at radius 3 is 2.74 bits per heavy atom. The van der Waals surface area contributed by atoms with Gasteiger partial charge in [-0.05, 0) is 36.7 Å². The van der Waals surface area contributed by atoms with Crippen molar-refractivity contribution in [3.8, 4) is 0 Å². The van der Waals surface area contributed by atoms with Gasteiger partial charge in [0.25, 0.3) is 0 Å². The normalized spacial score (nSPS) is 39.6. The van der Waals surface area contributed by atoms with E-state index in [4.69, 9.17) is 4.84 Å². The van der Waals surface area contributed by atoms with E-state index >= 15 is 0 Å². The molecule has 0 N–H and O–H groups in total. The third-order valence-electron chi connectivity index (χ3n) is 5.23. The Bertz CT molecular complexity index is 501. The van der Waals surface area contributed by atoms with E-state index in [0.29, 0.717) is 17.9 Å². The quantitative estimate of drug-likeness (QED) is 0.756. The Balaban J connectivity index is 1.76. The zero-order chi connectivity index (χ0) is 12.8. The summed E-state index contributed by atoms with van der Waals surface area (Å²) in [7, 11) is 0. The molecule has 100 valence electrons. The van der Waals surface area contributed by atoms with E-state index < -0.39 is 0 Å². The second-order valence-electron chi connectivity index (χ2n) is 6.09. The summed E-state index contributed by atoms with van der Waals surface area (Å²) in [6, 6.07) is 10.9. The average molecular weight is 320 g/mol. The fourth-order valence-corrected chi connectivity index (χ4v) is 4.94. The van der Waals surface area contributed by atoms with E-state index in [2.05, 4.69) is 51.4 Å². The molecule has 2 bridgehead atoms. The molecule has 0 aromatic heterocycles. The molecule has 1 aromatic rings. The number of halogens is 1. The Labute approximate surface area is 122 Å². The Morgan fingerprint density at radius 1 is 1.16 bits per heavy atom. The topological polar surface area (TPSA) is 21.6 Å². The second kappa shape index (κ2) is 4.62. The molecule has 1 aliphatic heterocycles. The highest BCUT2D eigenvalue weighted by molar-refractivity contribution is 9.09. The lowest BCUT2D eigenvalue weighted by atomic mass is 9.72. The van der Waals surface area contributed by atoms with Gasteiger partial charge in [0.2, 0.25) is 0 Å². The van der Waals surface area contributed by atoms with Gasteiger partial charge in [-0.2, -0.15) is 0 Å². The minimum absolute atomic E-state index is 0.367. The highest BCUT2D eigenvalue weighted by atomic mass is 79.9. The Morgan fingerprint density at radius 2 is 1.95 bits per heavy atom. The monoisotopic (exact) mass is 319 g/mol. The summed E-state index contributed by atoms with van der Waals surface area (Å²) in [6.45, 7) is 0. The fraction of sp³-hybridized carbons (Fsp3) is 0.562. The molecule has 0 unspecified atom stereocenters. The maximum Gasteiger partial charge on any atom is 0.134 e. The lowest BCUT2D eigenvalue weighted by Gasteiger charge is -2.39. The van der Waals surface area contributed by atoms with Gasteiger partial charge in [-0.15, -0.1) is 0 Å². The molecule has 0 spiro atoms. The summed E-state index contributed by atoms with van der Waals surface area (Å²) in [5.41, 5.74) is 2.58. The number of benzene rings is 1. The lowest BCUT2D eigenvalue weighted by molar-refractivity contribution is -0.0327. The maximum atomic E-state index is 5.85. The summed E-state index contributed by atoms with van der Waals surface area (Å²) < 4.78 is 0. The van der Waals surface area contributed by atoms with E-state index in [1.807, 2.05) is 0 Å². The van der Waals surface area contributed by atoms with Gasteiger partial charge in [0.1, 0.15) is 6.10 Å². The van der Waals surface area contributed by atoms with Gasteiger partial charge in [-0.3, -0.25) is 0 Å². The molecule has 2 saturated carbocycles. The van der Waals surface area contributed by atoms with Crippen molar-refractivity contribution in [1.82, 2.24) is 0 Å². The highest BCUT2D eigenvalue weighted by Crippen LogP contribution is 2.56. The van der Waals surface area contributed by atoms with Gasteiger partial charge < -0.3 is 4.84 Å². The molecular weight excluding hydrogens is 302 g/mol. The van der Waals surface area contributed by atoms with Crippen LogP contribution in [-0.2, 0) is 4.84 Å². The fourth-order valence-electron chi connectivity index (χ4n) is 4.49. The number of hydrogen-bond acceptors (Lipinski definition) is 2. The van der Waals surface area contributed by atoms with Crippen LogP contribution in [0.3, 0.4) is 0 Å². The largest absolute Gasteiger partial charge is 0.392 e. The van der Waals surface area contributed by atoms with Gasteiger partial charge in [0.15, 0.2) is 0 Å². The third kappa shape index (κ3) is 1.78. The van der Waals surface area contributed by atoms with Gasteiger partial charge in [-0.1, -0.05) is 51.4 Å². The molecule has 3 heteroatoms. The number of rotatable bonds is 2. The predicted molar refractivity (Wildman–Crippen MR) is 79.6 cm³/mol. The van der Waals surface area contributed by atoms with Crippen LogP contribution >= 0.6 is 15.9 Å². The lowest BCUT2D eigenvalue weighted by Crippen LogP contribution is -2.41. The first-order valence-electron chi connectivity index (χ1n) is 7.22. The van der Waals surface area contributed by atoms with E-state index in [9.17, 15) is 0 Å². The van der Waals surface area contributed by atoms with Crippen molar-refractivity contribution in [2.45, 2.75) is 31.3 Å². The number of alkyl halides is 1. The molecule has 2 aliphatic carbocycles. The van der Waals surface area contributed by atoms with E-state index in [-0.39, 0.29) is 0 Å². The van der Waals surface area contributed by atoms with Crippen LogP contribution in [0.1, 0.15) is 30.7 Å². The zero-order valence-corrected chi connectivity index (χ0v) is 12.4. The Kier molecular flexibility index (Phi) is 2.91. The van der Waals surface area contributed by atoms with Crippen LogP contribution in [0, 0.1) is 17.8 Å². The molecule has 2 fully saturated rings. The van der Waals surface area contributed by atoms with Crippen molar-refractivity contribution in [3.05, 3.63) is 35.9 Å². The van der Waals surface area contributed by atoms with Gasteiger partial charge in [0.05, 0.1) is 5.71 Å². The van der Waals surface area contributed by atoms with Crippen LogP contribution in [0.15, 0.2) is 35.5 Å². The molecule has 19 heavy (non-hydrogen) atoms. The van der Waals surface area contributed by atoms with Crippen molar-refractivity contribution in [1.29, 1.82) is 0 Å². The van der Waals surface area contributed by atoms with Crippen LogP contribution < -0.4 is 0 Å². The molecule has 0 saturated heterocycles. The SMILES string of the molecule is BrCC1=NO[C@H]2[C@H]3CC[C@H](C3)[C@H]2[C@H]1c1ccccc1. The summed E-state index contributed by atoms with van der Waals surface area (Å²) in [6.07, 6.45) is 4.44. The second-order valence-corrected chi connectivity index (χ2v) is 6.65. The minimum atomic E-state index is 0.367. The summed E-state index contributed by atoms with van der Waals surface area (Å²) in [4.78, 5) is 5.85. The zero-order valence-electron chi connectivity index (χ0n) is 10.8.